The summed E-state index contributed by atoms with van der Waals surface area (Å²) in [6.07, 6.45) is 3.08. The Balaban J connectivity index is 2.12. The minimum Gasteiger partial charge on any atom is -0.496 e. The summed E-state index contributed by atoms with van der Waals surface area (Å²) in [7, 11) is 1.62. The Morgan fingerprint density at radius 2 is 2.17 bits per heavy atom. The number of hydrogen-bond acceptors (Lipinski definition) is 4. The van der Waals surface area contributed by atoms with Gasteiger partial charge in [0.15, 0.2) is 0 Å². The fraction of sp³-hybridized carbons (Fsp3) is 0.231. The van der Waals surface area contributed by atoms with E-state index in [1.165, 1.54) is 0 Å². The van der Waals surface area contributed by atoms with Crippen molar-refractivity contribution in [1.82, 2.24) is 10.2 Å². The number of aromatic nitrogens is 2. The van der Waals surface area contributed by atoms with Crippen molar-refractivity contribution >= 4 is 15.9 Å². The molecule has 0 aliphatic rings. The molecule has 0 fully saturated rings. The van der Waals surface area contributed by atoms with Crippen molar-refractivity contribution in [3.63, 3.8) is 0 Å². The number of ether oxygens (including phenoxy) is 1. The second-order valence-corrected chi connectivity index (χ2v) is 4.72. The summed E-state index contributed by atoms with van der Waals surface area (Å²) in [6, 6.07) is 7.51. The molecular formula is C13H13BrN2O2. The van der Waals surface area contributed by atoms with E-state index < -0.39 is 6.10 Å². The number of halogens is 1. The zero-order chi connectivity index (χ0) is 13.0. The lowest BCUT2D eigenvalue weighted by Gasteiger charge is -2.11. The summed E-state index contributed by atoms with van der Waals surface area (Å²) < 4.78 is 6.04. The minimum absolute atomic E-state index is 0.522. The smallest absolute Gasteiger partial charge is 0.133 e. The number of rotatable bonds is 4. The van der Waals surface area contributed by atoms with Gasteiger partial charge in [0, 0.05) is 18.2 Å². The highest BCUT2D eigenvalue weighted by molar-refractivity contribution is 9.10. The van der Waals surface area contributed by atoms with E-state index in [0.29, 0.717) is 6.42 Å². The highest BCUT2D eigenvalue weighted by Gasteiger charge is 2.10. The van der Waals surface area contributed by atoms with Gasteiger partial charge in [0.25, 0.3) is 0 Å². The zero-order valence-corrected chi connectivity index (χ0v) is 11.5. The molecule has 2 rings (SSSR count). The van der Waals surface area contributed by atoms with Crippen LogP contribution >= 0.6 is 15.9 Å². The number of aliphatic hydroxyl groups is 1. The molecular weight excluding hydrogens is 296 g/mol. The van der Waals surface area contributed by atoms with Crippen molar-refractivity contribution in [3.8, 4) is 5.75 Å². The lowest BCUT2D eigenvalue weighted by Crippen LogP contribution is -2.02. The van der Waals surface area contributed by atoms with Crippen LogP contribution in [-0.4, -0.2) is 22.4 Å². The van der Waals surface area contributed by atoms with Crippen molar-refractivity contribution in [2.75, 3.05) is 7.11 Å². The summed E-state index contributed by atoms with van der Waals surface area (Å²) >= 11 is 3.42. The van der Waals surface area contributed by atoms with E-state index >= 15 is 0 Å². The van der Waals surface area contributed by atoms with Gasteiger partial charge in [0.05, 0.1) is 23.9 Å². The predicted molar refractivity (Wildman–Crippen MR) is 71.4 cm³/mol. The average Bonchev–Trinajstić information content (AvgIpc) is 2.40. The van der Waals surface area contributed by atoms with Crippen LogP contribution in [0.3, 0.4) is 0 Å². The number of hydrogen-bond donors (Lipinski definition) is 1. The number of benzene rings is 1. The van der Waals surface area contributed by atoms with Gasteiger partial charge >= 0.3 is 0 Å². The Labute approximate surface area is 114 Å². The molecule has 5 heteroatoms. The molecule has 0 amide bonds. The normalized spacial score (nSPS) is 12.2. The zero-order valence-electron chi connectivity index (χ0n) is 9.88. The molecule has 94 valence electrons. The molecule has 18 heavy (non-hydrogen) atoms. The number of aliphatic hydroxyl groups excluding tert-OH is 1. The van der Waals surface area contributed by atoms with Crippen LogP contribution in [0.4, 0.5) is 0 Å². The highest BCUT2D eigenvalue weighted by Crippen LogP contribution is 2.27. The van der Waals surface area contributed by atoms with Crippen LogP contribution in [0, 0.1) is 0 Å². The second kappa shape index (κ2) is 5.93. The first-order valence-corrected chi connectivity index (χ1v) is 6.27. The van der Waals surface area contributed by atoms with Crippen LogP contribution in [0.25, 0.3) is 0 Å². The first-order chi connectivity index (χ1) is 8.70. The molecule has 1 atom stereocenters. The maximum Gasteiger partial charge on any atom is 0.133 e. The Bertz CT molecular complexity index is 520. The Morgan fingerprint density at radius 3 is 2.78 bits per heavy atom. The number of methoxy groups -OCH3 is 1. The average molecular weight is 309 g/mol. The van der Waals surface area contributed by atoms with Gasteiger partial charge in [-0.25, -0.2) is 0 Å². The van der Waals surface area contributed by atoms with Crippen LogP contribution in [0.2, 0.25) is 0 Å². The molecule has 0 aliphatic heterocycles. The van der Waals surface area contributed by atoms with Crippen LogP contribution in [0.1, 0.15) is 17.2 Å². The van der Waals surface area contributed by atoms with E-state index in [0.717, 1.165) is 21.3 Å². The third-order valence-corrected chi connectivity index (χ3v) is 3.26. The third-order valence-electron chi connectivity index (χ3n) is 2.64. The lowest BCUT2D eigenvalue weighted by molar-refractivity contribution is 0.178. The van der Waals surface area contributed by atoms with Gasteiger partial charge in [-0.05, 0) is 39.7 Å². The number of nitrogens with zero attached hydrogens (tertiary/aromatic N) is 2. The van der Waals surface area contributed by atoms with Crippen LogP contribution in [-0.2, 0) is 6.42 Å². The molecule has 2 aromatic rings. The molecule has 0 radical (unpaired) electrons. The van der Waals surface area contributed by atoms with Crippen LogP contribution in [0.5, 0.6) is 5.75 Å². The monoisotopic (exact) mass is 308 g/mol. The van der Waals surface area contributed by atoms with Crippen molar-refractivity contribution in [1.29, 1.82) is 0 Å². The van der Waals surface area contributed by atoms with Gasteiger partial charge in [-0.1, -0.05) is 6.07 Å². The largest absolute Gasteiger partial charge is 0.496 e. The summed E-state index contributed by atoms with van der Waals surface area (Å²) in [5.41, 5.74) is 1.78. The van der Waals surface area contributed by atoms with Gasteiger partial charge in [0.1, 0.15) is 5.75 Å². The standard InChI is InChI=1S/C13H13BrN2O2/c1-18-13-3-2-9(6-11(13)14)7-12(17)10-4-5-15-16-8-10/h2-6,8,12,17H,7H2,1H3. The van der Waals surface area contributed by atoms with E-state index in [4.69, 9.17) is 4.74 Å². The predicted octanol–water partition coefficient (Wildman–Crippen LogP) is 2.52. The van der Waals surface area contributed by atoms with E-state index in [1.807, 2.05) is 18.2 Å². The first kappa shape index (κ1) is 13.0. The fourth-order valence-electron chi connectivity index (χ4n) is 1.68. The summed E-state index contributed by atoms with van der Waals surface area (Å²) in [5, 5.41) is 17.5. The van der Waals surface area contributed by atoms with Gasteiger partial charge in [-0.2, -0.15) is 10.2 Å². The van der Waals surface area contributed by atoms with Crippen molar-refractivity contribution in [2.45, 2.75) is 12.5 Å². The van der Waals surface area contributed by atoms with Crippen molar-refractivity contribution in [2.24, 2.45) is 0 Å². The molecule has 1 N–H and O–H groups in total. The fourth-order valence-corrected chi connectivity index (χ4v) is 2.26. The Kier molecular flexibility index (Phi) is 4.28. The summed E-state index contributed by atoms with van der Waals surface area (Å²) in [5.74, 6) is 0.777. The van der Waals surface area contributed by atoms with E-state index in [9.17, 15) is 5.11 Å². The second-order valence-electron chi connectivity index (χ2n) is 3.86. The molecule has 0 spiro atoms. The quantitative estimate of drug-likeness (QED) is 0.943. The topological polar surface area (TPSA) is 55.2 Å². The minimum atomic E-state index is -0.583. The van der Waals surface area contributed by atoms with Crippen molar-refractivity contribution < 1.29 is 9.84 Å². The summed E-state index contributed by atoms with van der Waals surface area (Å²) in [4.78, 5) is 0. The van der Waals surface area contributed by atoms with Crippen LogP contribution in [0.15, 0.2) is 41.1 Å². The Morgan fingerprint density at radius 1 is 1.33 bits per heavy atom. The summed E-state index contributed by atoms with van der Waals surface area (Å²) in [6.45, 7) is 0. The van der Waals surface area contributed by atoms with E-state index in [1.54, 1.807) is 25.6 Å². The molecule has 4 nitrogen and oxygen atoms in total. The molecule has 0 saturated carbocycles. The molecule has 0 saturated heterocycles. The molecule has 0 bridgehead atoms. The SMILES string of the molecule is COc1ccc(CC(O)c2ccnnc2)cc1Br. The molecule has 1 aromatic heterocycles. The highest BCUT2D eigenvalue weighted by atomic mass is 79.9. The molecule has 1 heterocycles. The van der Waals surface area contributed by atoms with Crippen molar-refractivity contribution in [3.05, 3.63) is 52.3 Å². The van der Waals surface area contributed by atoms with Gasteiger partial charge in [0.2, 0.25) is 0 Å². The molecule has 1 unspecified atom stereocenters. The molecule has 0 aliphatic carbocycles. The van der Waals surface area contributed by atoms with E-state index in [2.05, 4.69) is 26.1 Å². The molecule has 1 aromatic carbocycles. The van der Waals surface area contributed by atoms with E-state index in [-0.39, 0.29) is 0 Å². The third kappa shape index (κ3) is 3.05. The van der Waals surface area contributed by atoms with Gasteiger partial charge in [-0.3, -0.25) is 0 Å². The van der Waals surface area contributed by atoms with Crippen LogP contribution < -0.4 is 4.74 Å². The maximum absolute atomic E-state index is 10.1. The van der Waals surface area contributed by atoms with Gasteiger partial charge < -0.3 is 9.84 Å². The van der Waals surface area contributed by atoms with Gasteiger partial charge in [-0.15, -0.1) is 0 Å². The first-order valence-electron chi connectivity index (χ1n) is 5.48. The Hall–Kier alpha value is -1.46. The maximum atomic E-state index is 10.1. The lowest BCUT2D eigenvalue weighted by atomic mass is 10.0.